The first-order valence-electron chi connectivity index (χ1n) is 5.57. The Morgan fingerprint density at radius 2 is 2.31 bits per heavy atom. The van der Waals surface area contributed by atoms with Crippen LogP contribution < -0.4 is 5.32 Å². The number of nitrogens with zero attached hydrogens (tertiary/aromatic N) is 1. The number of thioether (sulfide) groups is 1. The maximum Gasteiger partial charge on any atom is 0.118 e. The van der Waals surface area contributed by atoms with Crippen LogP contribution in [-0.4, -0.2) is 37.0 Å². The third-order valence-electron chi connectivity index (χ3n) is 2.65. The molecule has 0 saturated carbocycles. The molecule has 0 radical (unpaired) electrons. The van der Waals surface area contributed by atoms with Crippen LogP contribution in [0.5, 0.6) is 0 Å². The molecule has 1 heterocycles. The number of nitrogens with one attached hydrogen (secondary N) is 1. The van der Waals surface area contributed by atoms with Crippen LogP contribution in [0, 0.1) is 0 Å². The lowest BCUT2D eigenvalue weighted by molar-refractivity contribution is 0.247. The Labute approximate surface area is 103 Å². The van der Waals surface area contributed by atoms with Crippen LogP contribution in [0.15, 0.2) is 16.7 Å². The maximum absolute atomic E-state index is 5.53. The lowest BCUT2D eigenvalue weighted by Crippen LogP contribution is -2.30. The number of hydrogen-bond donors (Lipinski definition) is 1. The molecule has 1 rings (SSSR count). The highest BCUT2D eigenvalue weighted by molar-refractivity contribution is 7.98. The van der Waals surface area contributed by atoms with Gasteiger partial charge in [0.15, 0.2) is 0 Å². The number of hydrogen-bond acceptors (Lipinski definition) is 4. The first kappa shape index (κ1) is 13.6. The van der Waals surface area contributed by atoms with Gasteiger partial charge in [-0.15, -0.1) is 0 Å². The predicted molar refractivity (Wildman–Crippen MR) is 70.8 cm³/mol. The molecule has 0 aromatic carbocycles. The lowest BCUT2D eigenvalue weighted by Gasteiger charge is -2.22. The zero-order valence-corrected chi connectivity index (χ0v) is 11.4. The molecule has 1 aromatic heterocycles. The van der Waals surface area contributed by atoms with Crippen molar-refractivity contribution in [2.75, 3.05) is 26.1 Å². The Balaban J connectivity index is 2.45. The SMILES string of the molecule is CNCc1coc(CN(C)C(C)CSC)c1. The third kappa shape index (κ3) is 4.20. The standard InChI is InChI=1S/C12H22N2OS/c1-10(9-16-4)14(3)7-12-5-11(6-13-2)8-15-12/h5,8,10,13H,6-7,9H2,1-4H3. The van der Waals surface area contributed by atoms with E-state index in [9.17, 15) is 0 Å². The fourth-order valence-electron chi connectivity index (χ4n) is 1.58. The molecule has 16 heavy (non-hydrogen) atoms. The van der Waals surface area contributed by atoms with Crippen molar-refractivity contribution in [1.29, 1.82) is 0 Å². The van der Waals surface area contributed by atoms with Crippen molar-refractivity contribution in [2.24, 2.45) is 0 Å². The van der Waals surface area contributed by atoms with Gasteiger partial charge in [-0.1, -0.05) is 0 Å². The van der Waals surface area contributed by atoms with Gasteiger partial charge >= 0.3 is 0 Å². The Kier molecular flexibility index (Phi) is 5.95. The van der Waals surface area contributed by atoms with E-state index in [1.54, 1.807) is 0 Å². The topological polar surface area (TPSA) is 28.4 Å². The molecule has 4 heteroatoms. The van der Waals surface area contributed by atoms with E-state index in [0.717, 1.165) is 24.6 Å². The molecule has 0 aliphatic rings. The molecule has 0 spiro atoms. The van der Waals surface area contributed by atoms with Gasteiger partial charge in [0.05, 0.1) is 12.8 Å². The van der Waals surface area contributed by atoms with E-state index < -0.39 is 0 Å². The summed E-state index contributed by atoms with van der Waals surface area (Å²) in [6.07, 6.45) is 3.97. The van der Waals surface area contributed by atoms with E-state index in [0.29, 0.717) is 6.04 Å². The quantitative estimate of drug-likeness (QED) is 0.793. The molecule has 1 unspecified atom stereocenters. The Morgan fingerprint density at radius 1 is 1.56 bits per heavy atom. The highest BCUT2D eigenvalue weighted by Gasteiger charge is 2.11. The minimum absolute atomic E-state index is 0.577. The van der Waals surface area contributed by atoms with Crippen molar-refractivity contribution < 1.29 is 4.42 Å². The summed E-state index contributed by atoms with van der Waals surface area (Å²) >= 11 is 1.88. The first-order valence-corrected chi connectivity index (χ1v) is 6.96. The zero-order valence-electron chi connectivity index (χ0n) is 10.6. The summed E-state index contributed by atoms with van der Waals surface area (Å²) < 4.78 is 5.53. The lowest BCUT2D eigenvalue weighted by atomic mass is 10.3. The summed E-state index contributed by atoms with van der Waals surface area (Å²) in [5.41, 5.74) is 1.21. The average molecular weight is 242 g/mol. The van der Waals surface area contributed by atoms with Crippen LogP contribution in [0.4, 0.5) is 0 Å². The van der Waals surface area contributed by atoms with Crippen molar-refractivity contribution in [3.05, 3.63) is 23.7 Å². The minimum atomic E-state index is 0.577. The molecular formula is C12H22N2OS. The summed E-state index contributed by atoms with van der Waals surface area (Å²) in [6, 6.07) is 2.70. The molecule has 1 N–H and O–H groups in total. The van der Waals surface area contributed by atoms with E-state index >= 15 is 0 Å². The van der Waals surface area contributed by atoms with Crippen molar-refractivity contribution in [2.45, 2.75) is 26.1 Å². The zero-order chi connectivity index (χ0) is 12.0. The number of furan rings is 1. The van der Waals surface area contributed by atoms with Crippen LogP contribution in [0.25, 0.3) is 0 Å². The smallest absolute Gasteiger partial charge is 0.118 e. The fraction of sp³-hybridized carbons (Fsp3) is 0.667. The normalized spacial score (nSPS) is 13.3. The van der Waals surface area contributed by atoms with Crippen molar-refractivity contribution in [3.8, 4) is 0 Å². The van der Waals surface area contributed by atoms with E-state index in [4.69, 9.17) is 4.42 Å². The van der Waals surface area contributed by atoms with Crippen LogP contribution in [0.2, 0.25) is 0 Å². The molecule has 0 amide bonds. The van der Waals surface area contributed by atoms with E-state index in [-0.39, 0.29) is 0 Å². The van der Waals surface area contributed by atoms with Gasteiger partial charge in [0.25, 0.3) is 0 Å². The average Bonchev–Trinajstić information content (AvgIpc) is 2.66. The molecule has 0 aliphatic carbocycles. The summed E-state index contributed by atoms with van der Waals surface area (Å²) in [7, 11) is 4.08. The van der Waals surface area contributed by atoms with Gasteiger partial charge in [0.2, 0.25) is 0 Å². The largest absolute Gasteiger partial charge is 0.468 e. The minimum Gasteiger partial charge on any atom is -0.468 e. The molecule has 0 bridgehead atoms. The molecule has 92 valence electrons. The Bertz CT molecular complexity index is 301. The fourth-order valence-corrected chi connectivity index (χ4v) is 2.31. The molecule has 0 saturated heterocycles. The summed E-state index contributed by atoms with van der Waals surface area (Å²) in [5.74, 6) is 2.20. The summed E-state index contributed by atoms with van der Waals surface area (Å²) in [6.45, 7) is 3.99. The highest BCUT2D eigenvalue weighted by atomic mass is 32.2. The van der Waals surface area contributed by atoms with Gasteiger partial charge in [0.1, 0.15) is 5.76 Å². The van der Waals surface area contributed by atoms with Gasteiger partial charge in [-0.3, -0.25) is 4.90 Å². The molecular weight excluding hydrogens is 220 g/mol. The first-order chi connectivity index (χ1) is 7.67. The Hall–Kier alpha value is -0.450. The number of rotatable bonds is 7. The molecule has 3 nitrogen and oxygen atoms in total. The van der Waals surface area contributed by atoms with Crippen molar-refractivity contribution >= 4 is 11.8 Å². The van der Waals surface area contributed by atoms with E-state index in [2.05, 4.69) is 36.5 Å². The van der Waals surface area contributed by atoms with Crippen molar-refractivity contribution in [3.63, 3.8) is 0 Å². The third-order valence-corrected chi connectivity index (χ3v) is 3.47. The van der Waals surface area contributed by atoms with Gasteiger partial charge in [0, 0.05) is 23.9 Å². The van der Waals surface area contributed by atoms with Crippen LogP contribution in [0.1, 0.15) is 18.2 Å². The van der Waals surface area contributed by atoms with Crippen molar-refractivity contribution in [1.82, 2.24) is 10.2 Å². The highest BCUT2D eigenvalue weighted by Crippen LogP contribution is 2.12. The van der Waals surface area contributed by atoms with Crippen LogP contribution in [0.3, 0.4) is 0 Å². The van der Waals surface area contributed by atoms with E-state index in [1.165, 1.54) is 5.56 Å². The second kappa shape index (κ2) is 6.99. The molecule has 1 aromatic rings. The van der Waals surface area contributed by atoms with E-state index in [1.807, 2.05) is 25.1 Å². The maximum atomic E-state index is 5.53. The molecule has 0 aliphatic heterocycles. The predicted octanol–water partition coefficient (Wildman–Crippen LogP) is 2.18. The summed E-state index contributed by atoms with van der Waals surface area (Å²) in [5, 5.41) is 3.12. The van der Waals surface area contributed by atoms with Gasteiger partial charge in [-0.2, -0.15) is 11.8 Å². The second-order valence-corrected chi connectivity index (χ2v) is 5.08. The van der Waals surface area contributed by atoms with Crippen LogP contribution >= 0.6 is 11.8 Å². The van der Waals surface area contributed by atoms with Gasteiger partial charge in [-0.05, 0) is 33.3 Å². The monoisotopic (exact) mass is 242 g/mol. The van der Waals surface area contributed by atoms with Crippen LogP contribution in [-0.2, 0) is 13.1 Å². The second-order valence-electron chi connectivity index (χ2n) is 4.17. The van der Waals surface area contributed by atoms with Gasteiger partial charge in [-0.25, -0.2) is 0 Å². The molecule has 1 atom stereocenters. The van der Waals surface area contributed by atoms with Gasteiger partial charge < -0.3 is 9.73 Å². The Morgan fingerprint density at radius 3 is 2.94 bits per heavy atom. The molecule has 0 fully saturated rings. The summed E-state index contributed by atoms with van der Waals surface area (Å²) in [4.78, 5) is 2.32.